The van der Waals surface area contributed by atoms with Gasteiger partial charge in [0, 0.05) is 24.2 Å². The van der Waals surface area contributed by atoms with Gasteiger partial charge in [0.25, 0.3) is 0 Å². The molecule has 2 N–H and O–H groups in total. The van der Waals surface area contributed by atoms with Crippen molar-refractivity contribution in [3.05, 3.63) is 71.4 Å². The average molecular weight is 337 g/mol. The molecule has 0 spiro atoms. The molecule has 0 bridgehead atoms. The molecule has 1 aliphatic rings. The van der Waals surface area contributed by atoms with Crippen LogP contribution in [-0.2, 0) is 24.1 Å². The molecule has 0 aromatic heterocycles. The Kier molecular flexibility index (Phi) is 5.51. The molecule has 0 saturated carbocycles. The van der Waals surface area contributed by atoms with Crippen LogP contribution in [0.3, 0.4) is 0 Å². The lowest BCUT2D eigenvalue weighted by Crippen LogP contribution is -2.11. The highest BCUT2D eigenvalue weighted by Gasteiger charge is 2.13. The Morgan fingerprint density at radius 1 is 1.08 bits per heavy atom. The van der Waals surface area contributed by atoms with Crippen LogP contribution in [0.2, 0.25) is 0 Å². The number of fused-ring (bicyclic) bond motifs is 1. The van der Waals surface area contributed by atoms with Crippen LogP contribution in [0.25, 0.3) is 0 Å². The molecule has 1 aliphatic heterocycles. The maximum Gasteiger partial charge on any atom is 0.141 e. The normalized spacial score (nSPS) is 13.1. The Balaban J connectivity index is 1.58. The molecule has 0 saturated heterocycles. The number of rotatable bonds is 7. The molecule has 0 amide bonds. The zero-order valence-electron chi connectivity index (χ0n) is 14.3. The fourth-order valence-electron chi connectivity index (χ4n) is 3.01. The second kappa shape index (κ2) is 7.99. The summed E-state index contributed by atoms with van der Waals surface area (Å²) in [6.45, 7) is 4.23. The number of nitrogens with one attached hydrogen (secondary N) is 1. The SMILES string of the molecule is C=C1CCc2cc(CC(=O)Cc3ccc(OCCO)cc3)ccc2N1. The third-order valence-electron chi connectivity index (χ3n) is 4.26. The van der Waals surface area contributed by atoms with Crippen molar-refractivity contribution in [3.63, 3.8) is 0 Å². The number of ketones is 1. The summed E-state index contributed by atoms with van der Waals surface area (Å²) < 4.78 is 5.32. The summed E-state index contributed by atoms with van der Waals surface area (Å²) in [6.07, 6.45) is 2.76. The first kappa shape index (κ1) is 17.2. The molecule has 0 fully saturated rings. The molecular formula is C21H23NO3. The minimum absolute atomic E-state index is 0.00928. The summed E-state index contributed by atoms with van der Waals surface area (Å²) in [6, 6.07) is 13.6. The number of benzene rings is 2. The molecule has 4 nitrogen and oxygen atoms in total. The van der Waals surface area contributed by atoms with Crippen LogP contribution in [-0.4, -0.2) is 24.1 Å². The van der Waals surface area contributed by atoms with E-state index in [1.54, 1.807) is 0 Å². The van der Waals surface area contributed by atoms with E-state index in [2.05, 4.69) is 18.0 Å². The Morgan fingerprint density at radius 2 is 1.80 bits per heavy atom. The van der Waals surface area contributed by atoms with Gasteiger partial charge in [0.05, 0.1) is 6.61 Å². The first-order chi connectivity index (χ1) is 12.1. The second-order valence-electron chi connectivity index (χ2n) is 6.33. The van der Waals surface area contributed by atoms with Gasteiger partial charge in [-0.2, -0.15) is 0 Å². The molecule has 0 unspecified atom stereocenters. The monoisotopic (exact) mass is 337 g/mol. The van der Waals surface area contributed by atoms with Gasteiger partial charge in [-0.3, -0.25) is 4.79 Å². The number of aliphatic hydroxyl groups is 1. The number of hydrogen-bond acceptors (Lipinski definition) is 4. The lowest BCUT2D eigenvalue weighted by Gasteiger charge is -2.20. The molecule has 2 aromatic carbocycles. The fraction of sp³-hybridized carbons (Fsp3) is 0.286. The van der Waals surface area contributed by atoms with E-state index in [0.717, 1.165) is 35.4 Å². The van der Waals surface area contributed by atoms with E-state index in [-0.39, 0.29) is 19.0 Å². The van der Waals surface area contributed by atoms with Crippen molar-refractivity contribution in [1.29, 1.82) is 0 Å². The van der Waals surface area contributed by atoms with Gasteiger partial charge in [0.15, 0.2) is 0 Å². The predicted octanol–water partition coefficient (Wildman–Crippen LogP) is 3.28. The van der Waals surface area contributed by atoms with Crippen LogP contribution in [0.1, 0.15) is 23.1 Å². The average Bonchev–Trinajstić information content (AvgIpc) is 2.61. The van der Waals surface area contributed by atoms with E-state index in [4.69, 9.17) is 9.84 Å². The first-order valence-corrected chi connectivity index (χ1v) is 8.55. The van der Waals surface area contributed by atoms with Gasteiger partial charge < -0.3 is 15.2 Å². The molecule has 0 radical (unpaired) electrons. The highest BCUT2D eigenvalue weighted by atomic mass is 16.5. The van der Waals surface area contributed by atoms with E-state index in [9.17, 15) is 4.79 Å². The predicted molar refractivity (Wildman–Crippen MR) is 99.0 cm³/mol. The number of carbonyl (C=O) groups is 1. The van der Waals surface area contributed by atoms with Crippen LogP contribution >= 0.6 is 0 Å². The number of anilines is 1. The summed E-state index contributed by atoms with van der Waals surface area (Å²) in [5.41, 5.74) is 5.43. The Labute approximate surface area is 148 Å². The van der Waals surface area contributed by atoms with Crippen molar-refractivity contribution in [2.24, 2.45) is 0 Å². The molecule has 1 heterocycles. The molecule has 0 aliphatic carbocycles. The number of ether oxygens (including phenoxy) is 1. The summed E-state index contributed by atoms with van der Waals surface area (Å²) in [4.78, 5) is 12.4. The lowest BCUT2D eigenvalue weighted by atomic mass is 9.96. The maximum atomic E-state index is 12.4. The summed E-state index contributed by atoms with van der Waals surface area (Å²) in [7, 11) is 0. The van der Waals surface area contributed by atoms with Gasteiger partial charge in [0.1, 0.15) is 18.1 Å². The summed E-state index contributed by atoms with van der Waals surface area (Å²) >= 11 is 0. The zero-order chi connectivity index (χ0) is 17.6. The first-order valence-electron chi connectivity index (χ1n) is 8.55. The Morgan fingerprint density at radius 3 is 2.56 bits per heavy atom. The summed E-state index contributed by atoms with van der Waals surface area (Å²) in [5, 5.41) is 12.0. The number of carbonyl (C=O) groups excluding carboxylic acids is 1. The van der Waals surface area contributed by atoms with Crippen molar-refractivity contribution in [1.82, 2.24) is 0 Å². The highest BCUT2D eigenvalue weighted by Crippen LogP contribution is 2.27. The van der Waals surface area contributed by atoms with Crippen molar-refractivity contribution >= 4 is 11.5 Å². The van der Waals surface area contributed by atoms with Crippen LogP contribution in [0, 0.1) is 0 Å². The van der Waals surface area contributed by atoms with E-state index < -0.39 is 0 Å². The van der Waals surface area contributed by atoms with Crippen molar-refractivity contribution in [3.8, 4) is 5.75 Å². The van der Waals surface area contributed by atoms with E-state index >= 15 is 0 Å². The van der Waals surface area contributed by atoms with Crippen LogP contribution in [0.5, 0.6) is 5.75 Å². The number of allylic oxidation sites excluding steroid dienone is 1. The van der Waals surface area contributed by atoms with E-state index in [1.807, 2.05) is 36.4 Å². The quantitative estimate of drug-likeness (QED) is 0.814. The van der Waals surface area contributed by atoms with Crippen molar-refractivity contribution in [2.75, 3.05) is 18.5 Å². The van der Waals surface area contributed by atoms with Gasteiger partial charge >= 0.3 is 0 Å². The van der Waals surface area contributed by atoms with Gasteiger partial charge in [0.2, 0.25) is 0 Å². The standard InChI is InChI=1S/C21H23NO3/c1-15-2-6-18-12-17(5-9-21(18)22-15)14-19(24)13-16-3-7-20(8-4-16)25-11-10-23/h3-5,7-9,12,22-23H,1-2,6,10-11,13-14H2. The van der Waals surface area contributed by atoms with E-state index in [0.29, 0.717) is 18.6 Å². The van der Waals surface area contributed by atoms with Crippen molar-refractivity contribution in [2.45, 2.75) is 25.7 Å². The zero-order valence-corrected chi connectivity index (χ0v) is 14.3. The van der Waals surface area contributed by atoms with Gasteiger partial charge in [-0.15, -0.1) is 0 Å². The number of Topliss-reactive ketones (excluding diaryl/α,β-unsaturated/α-hetero) is 1. The largest absolute Gasteiger partial charge is 0.491 e. The van der Waals surface area contributed by atoms with E-state index in [1.165, 1.54) is 5.56 Å². The number of aliphatic hydroxyl groups excluding tert-OH is 1. The molecule has 130 valence electrons. The molecule has 0 atom stereocenters. The van der Waals surface area contributed by atoms with Crippen LogP contribution in [0.4, 0.5) is 5.69 Å². The number of hydrogen-bond donors (Lipinski definition) is 2. The lowest BCUT2D eigenvalue weighted by molar-refractivity contribution is -0.117. The highest BCUT2D eigenvalue weighted by molar-refractivity contribution is 5.83. The minimum Gasteiger partial charge on any atom is -0.491 e. The second-order valence-corrected chi connectivity index (χ2v) is 6.33. The van der Waals surface area contributed by atoms with Gasteiger partial charge in [-0.25, -0.2) is 0 Å². The third kappa shape index (κ3) is 4.70. The topological polar surface area (TPSA) is 58.6 Å². The third-order valence-corrected chi connectivity index (χ3v) is 4.26. The Hall–Kier alpha value is -2.59. The maximum absolute atomic E-state index is 12.4. The smallest absolute Gasteiger partial charge is 0.141 e. The van der Waals surface area contributed by atoms with Crippen LogP contribution < -0.4 is 10.1 Å². The molecule has 3 rings (SSSR count). The number of aryl methyl sites for hydroxylation is 1. The van der Waals surface area contributed by atoms with Crippen LogP contribution in [0.15, 0.2) is 54.7 Å². The summed E-state index contributed by atoms with van der Waals surface area (Å²) in [5.74, 6) is 0.895. The molecular weight excluding hydrogens is 314 g/mol. The molecule has 4 heteroatoms. The van der Waals surface area contributed by atoms with Crippen molar-refractivity contribution < 1.29 is 14.6 Å². The van der Waals surface area contributed by atoms with Gasteiger partial charge in [-0.05, 0) is 47.7 Å². The minimum atomic E-state index is -0.00928. The van der Waals surface area contributed by atoms with Gasteiger partial charge in [-0.1, -0.05) is 30.8 Å². The molecule has 25 heavy (non-hydrogen) atoms. The molecule has 2 aromatic rings. The fourth-order valence-corrected chi connectivity index (χ4v) is 3.01. The Bertz CT molecular complexity index is 765.